The van der Waals surface area contributed by atoms with Crippen molar-refractivity contribution in [3.8, 4) is 0 Å². The van der Waals surface area contributed by atoms with Crippen LogP contribution in [-0.4, -0.2) is 20.2 Å². The Kier molecular flexibility index (Phi) is 3.60. The Morgan fingerprint density at radius 2 is 1.70 bits per heavy atom. The van der Waals surface area contributed by atoms with Gasteiger partial charge in [-0.3, -0.25) is 5.10 Å². The number of halogens is 4. The van der Waals surface area contributed by atoms with Crippen LogP contribution in [0.3, 0.4) is 0 Å². The fourth-order valence-electron chi connectivity index (χ4n) is 1.65. The molecule has 0 aliphatic rings. The summed E-state index contributed by atoms with van der Waals surface area (Å²) in [5.74, 6) is 0.467. The zero-order valence-electron chi connectivity index (χ0n) is 9.59. The van der Waals surface area contributed by atoms with E-state index in [0.717, 1.165) is 0 Å². The number of fused-ring (bicyclic) bond motifs is 1. The Morgan fingerprint density at radius 3 is 2.50 bits per heavy atom. The molecule has 3 rings (SSSR count). The summed E-state index contributed by atoms with van der Waals surface area (Å²) in [5, 5.41) is 11.6. The molecule has 1 aromatic carbocycles. The van der Waals surface area contributed by atoms with Crippen molar-refractivity contribution in [2.24, 2.45) is 0 Å². The van der Waals surface area contributed by atoms with Gasteiger partial charge in [0.15, 0.2) is 5.65 Å². The number of aromatic nitrogens is 4. The maximum absolute atomic E-state index is 6.11. The highest BCUT2D eigenvalue weighted by atomic mass is 35.5. The molecule has 9 heteroatoms. The van der Waals surface area contributed by atoms with Gasteiger partial charge in [0, 0.05) is 0 Å². The van der Waals surface area contributed by atoms with E-state index in [2.05, 4.69) is 25.5 Å². The third kappa shape index (κ3) is 2.50. The summed E-state index contributed by atoms with van der Waals surface area (Å²) in [7, 11) is 0. The molecule has 0 aliphatic carbocycles. The molecule has 0 unspecified atom stereocenters. The van der Waals surface area contributed by atoms with Gasteiger partial charge in [0.1, 0.15) is 5.82 Å². The summed E-state index contributed by atoms with van der Waals surface area (Å²) in [6, 6.07) is 3.15. The van der Waals surface area contributed by atoms with Gasteiger partial charge in [0.05, 0.1) is 32.3 Å². The maximum Gasteiger partial charge on any atom is 0.226 e. The predicted molar refractivity (Wildman–Crippen MR) is 81.4 cm³/mol. The average molecular weight is 349 g/mol. The molecule has 0 fully saturated rings. The Labute approximate surface area is 133 Å². The van der Waals surface area contributed by atoms with Crippen LogP contribution in [0.25, 0.3) is 11.0 Å². The zero-order valence-corrected chi connectivity index (χ0v) is 12.6. The highest BCUT2D eigenvalue weighted by molar-refractivity contribution is 6.44. The molecule has 0 saturated carbocycles. The number of nitrogens with zero attached hydrogens (tertiary/aromatic N) is 3. The smallest absolute Gasteiger partial charge is 0.226 e. The van der Waals surface area contributed by atoms with Crippen LogP contribution in [0.5, 0.6) is 0 Å². The molecule has 0 atom stereocenters. The van der Waals surface area contributed by atoms with Gasteiger partial charge in [-0.2, -0.15) is 15.1 Å². The van der Waals surface area contributed by atoms with Gasteiger partial charge < -0.3 is 5.32 Å². The van der Waals surface area contributed by atoms with Gasteiger partial charge in [-0.1, -0.05) is 34.8 Å². The van der Waals surface area contributed by atoms with Crippen LogP contribution in [-0.2, 0) is 0 Å². The Balaban J connectivity index is 2.09. The van der Waals surface area contributed by atoms with Crippen molar-refractivity contribution in [2.75, 3.05) is 5.32 Å². The van der Waals surface area contributed by atoms with E-state index in [4.69, 9.17) is 46.4 Å². The molecule has 102 valence electrons. The van der Waals surface area contributed by atoms with E-state index >= 15 is 0 Å². The van der Waals surface area contributed by atoms with Crippen molar-refractivity contribution in [2.45, 2.75) is 0 Å². The van der Waals surface area contributed by atoms with E-state index in [1.807, 2.05) is 0 Å². The van der Waals surface area contributed by atoms with Crippen molar-refractivity contribution in [1.82, 2.24) is 20.2 Å². The second kappa shape index (κ2) is 5.26. The molecule has 0 aliphatic heterocycles. The van der Waals surface area contributed by atoms with Crippen molar-refractivity contribution in [3.63, 3.8) is 0 Å². The average Bonchev–Trinajstić information content (AvgIpc) is 2.84. The second-order valence-corrected chi connectivity index (χ2v) is 5.40. The summed E-state index contributed by atoms with van der Waals surface area (Å²) in [6.45, 7) is 0. The first-order chi connectivity index (χ1) is 9.54. The van der Waals surface area contributed by atoms with Gasteiger partial charge in [0.25, 0.3) is 0 Å². The van der Waals surface area contributed by atoms with Crippen molar-refractivity contribution < 1.29 is 0 Å². The number of nitrogens with one attached hydrogen (secondary N) is 2. The lowest BCUT2D eigenvalue weighted by Gasteiger charge is -2.09. The standard InChI is InChI=1S/C11H5Cl4N5/c12-5-1-7(14)8(2-6(5)13)17-9-4-3-16-20-10(4)19-11(15)18-9/h1-3H,(H2,16,17,18,19,20). The van der Waals surface area contributed by atoms with Gasteiger partial charge >= 0.3 is 0 Å². The first-order valence-corrected chi connectivity index (χ1v) is 6.84. The van der Waals surface area contributed by atoms with Crippen LogP contribution in [0.15, 0.2) is 18.3 Å². The fourth-order valence-corrected chi connectivity index (χ4v) is 2.41. The van der Waals surface area contributed by atoms with Crippen LogP contribution < -0.4 is 5.32 Å². The third-order valence-electron chi connectivity index (χ3n) is 2.55. The number of hydrogen-bond acceptors (Lipinski definition) is 4. The number of H-pyrrole nitrogens is 1. The Hall–Kier alpha value is -1.27. The number of hydrogen-bond donors (Lipinski definition) is 2. The molecule has 0 saturated heterocycles. The minimum Gasteiger partial charge on any atom is -0.338 e. The summed E-state index contributed by atoms with van der Waals surface area (Å²) in [4.78, 5) is 8.12. The van der Waals surface area contributed by atoms with E-state index in [-0.39, 0.29) is 5.28 Å². The normalized spacial score (nSPS) is 11.0. The summed E-state index contributed by atoms with van der Waals surface area (Å²) >= 11 is 23.8. The largest absolute Gasteiger partial charge is 0.338 e. The van der Waals surface area contributed by atoms with Crippen LogP contribution in [0.2, 0.25) is 20.4 Å². The van der Waals surface area contributed by atoms with E-state index in [0.29, 0.717) is 37.6 Å². The lowest BCUT2D eigenvalue weighted by atomic mass is 10.3. The molecular formula is C11H5Cl4N5. The molecule has 3 aromatic rings. The molecular weight excluding hydrogens is 344 g/mol. The van der Waals surface area contributed by atoms with Gasteiger partial charge in [-0.25, -0.2) is 0 Å². The molecule has 2 N–H and O–H groups in total. The highest BCUT2D eigenvalue weighted by Crippen LogP contribution is 2.34. The quantitative estimate of drug-likeness (QED) is 0.520. The van der Waals surface area contributed by atoms with Crippen LogP contribution >= 0.6 is 46.4 Å². The molecule has 20 heavy (non-hydrogen) atoms. The first kappa shape index (κ1) is 13.7. The summed E-state index contributed by atoms with van der Waals surface area (Å²) in [5.41, 5.74) is 1.07. The lowest BCUT2D eigenvalue weighted by molar-refractivity contribution is 1.09. The van der Waals surface area contributed by atoms with Crippen molar-refractivity contribution in [3.05, 3.63) is 38.7 Å². The van der Waals surface area contributed by atoms with Crippen LogP contribution in [0.1, 0.15) is 0 Å². The van der Waals surface area contributed by atoms with E-state index in [1.165, 1.54) is 0 Å². The number of rotatable bonds is 2. The van der Waals surface area contributed by atoms with Crippen molar-refractivity contribution >= 4 is 68.9 Å². The number of aromatic amines is 1. The van der Waals surface area contributed by atoms with Gasteiger partial charge in [-0.05, 0) is 23.7 Å². The zero-order chi connectivity index (χ0) is 14.3. The first-order valence-electron chi connectivity index (χ1n) is 5.33. The Morgan fingerprint density at radius 1 is 0.950 bits per heavy atom. The third-order valence-corrected chi connectivity index (χ3v) is 3.75. The molecule has 0 bridgehead atoms. The molecule has 0 amide bonds. The van der Waals surface area contributed by atoms with E-state index in [9.17, 15) is 0 Å². The van der Waals surface area contributed by atoms with E-state index < -0.39 is 0 Å². The molecule has 2 heterocycles. The van der Waals surface area contributed by atoms with Crippen LogP contribution in [0.4, 0.5) is 11.5 Å². The van der Waals surface area contributed by atoms with Gasteiger partial charge in [-0.15, -0.1) is 0 Å². The molecule has 0 spiro atoms. The number of anilines is 2. The molecule has 2 aromatic heterocycles. The topological polar surface area (TPSA) is 66.5 Å². The lowest BCUT2D eigenvalue weighted by Crippen LogP contribution is -1.97. The minimum atomic E-state index is 0.0837. The highest BCUT2D eigenvalue weighted by Gasteiger charge is 2.12. The SMILES string of the molecule is Clc1nc(Nc2cc(Cl)c(Cl)cc2Cl)c2cn[nH]c2n1. The predicted octanol–water partition coefficient (Wildman–Crippen LogP) is 4.71. The van der Waals surface area contributed by atoms with E-state index in [1.54, 1.807) is 18.3 Å². The maximum atomic E-state index is 6.11. The van der Waals surface area contributed by atoms with Crippen molar-refractivity contribution in [1.29, 1.82) is 0 Å². The summed E-state index contributed by atoms with van der Waals surface area (Å²) in [6.07, 6.45) is 1.58. The molecule has 5 nitrogen and oxygen atoms in total. The second-order valence-electron chi connectivity index (χ2n) is 3.84. The molecule has 0 radical (unpaired) electrons. The summed E-state index contributed by atoms with van der Waals surface area (Å²) < 4.78 is 0. The van der Waals surface area contributed by atoms with Crippen LogP contribution in [0, 0.1) is 0 Å². The fraction of sp³-hybridized carbons (Fsp3) is 0. The van der Waals surface area contributed by atoms with Gasteiger partial charge in [0.2, 0.25) is 5.28 Å². The Bertz CT molecular complexity index is 801. The minimum absolute atomic E-state index is 0.0837. The monoisotopic (exact) mass is 347 g/mol. The number of benzene rings is 1.